The van der Waals surface area contributed by atoms with E-state index in [1.54, 1.807) is 12.3 Å². The Hall–Kier alpha value is -1.18. The fraction of sp³-hybridized carbons (Fsp3) is 0.688. The molecule has 0 spiro atoms. The van der Waals surface area contributed by atoms with Gasteiger partial charge in [-0.1, -0.05) is 13.8 Å². The maximum Gasteiger partial charge on any atom is 0.274 e. The smallest absolute Gasteiger partial charge is 0.274 e. The summed E-state index contributed by atoms with van der Waals surface area (Å²) in [6.45, 7) is 8.32. The third-order valence-corrected chi connectivity index (χ3v) is 6.48. The third-order valence-electron chi connectivity index (χ3n) is 4.59. The van der Waals surface area contributed by atoms with Crippen LogP contribution in [0.5, 0.6) is 0 Å². The molecule has 6 nitrogen and oxygen atoms in total. The average Bonchev–Trinajstić information content (AvgIpc) is 2.55. The molecule has 0 aromatic carbocycles. The first-order valence-corrected chi connectivity index (χ1v) is 9.75. The van der Waals surface area contributed by atoms with Crippen LogP contribution in [-0.2, 0) is 14.8 Å². The molecule has 3 heterocycles. The number of anilines is 1. The standard InChI is InChI=1S/C16H25N3O3S/c1-13-9-14(2)12-18(11-13)16-4-3-15(10-17-16)23(20,21)19-5-7-22-8-6-19/h3-4,10,13-14H,5-9,11-12H2,1-2H3/p+1/t13-,14+. The Bertz CT molecular complexity index is 616. The Morgan fingerprint density at radius 3 is 2.35 bits per heavy atom. The highest BCUT2D eigenvalue weighted by molar-refractivity contribution is 7.89. The van der Waals surface area contributed by atoms with Crippen LogP contribution >= 0.6 is 0 Å². The van der Waals surface area contributed by atoms with Gasteiger partial charge in [-0.05, 0) is 24.3 Å². The number of H-pyrrole nitrogens is 1. The first kappa shape index (κ1) is 16.7. The summed E-state index contributed by atoms with van der Waals surface area (Å²) < 4.78 is 32.0. The van der Waals surface area contributed by atoms with E-state index in [-0.39, 0.29) is 0 Å². The van der Waals surface area contributed by atoms with Crippen LogP contribution < -0.4 is 9.88 Å². The molecule has 23 heavy (non-hydrogen) atoms. The van der Waals surface area contributed by atoms with E-state index in [1.807, 2.05) is 6.07 Å². The summed E-state index contributed by atoms with van der Waals surface area (Å²) in [7, 11) is -3.43. The van der Waals surface area contributed by atoms with Gasteiger partial charge in [0.25, 0.3) is 5.82 Å². The van der Waals surface area contributed by atoms with Gasteiger partial charge in [-0.25, -0.2) is 13.4 Å². The highest BCUT2D eigenvalue weighted by Crippen LogP contribution is 2.24. The zero-order valence-corrected chi connectivity index (χ0v) is 14.7. The highest BCUT2D eigenvalue weighted by Gasteiger charge is 2.30. The Morgan fingerprint density at radius 2 is 1.78 bits per heavy atom. The molecule has 2 saturated heterocycles. The van der Waals surface area contributed by atoms with Crippen LogP contribution in [0, 0.1) is 11.8 Å². The predicted octanol–water partition coefficient (Wildman–Crippen LogP) is 1.00. The van der Waals surface area contributed by atoms with E-state index in [4.69, 9.17) is 4.74 Å². The number of piperidine rings is 1. The van der Waals surface area contributed by atoms with Crippen molar-refractivity contribution in [2.45, 2.75) is 25.2 Å². The molecule has 1 aromatic heterocycles. The second kappa shape index (κ2) is 6.75. The minimum atomic E-state index is -3.43. The molecular weight excluding hydrogens is 314 g/mol. The van der Waals surface area contributed by atoms with Gasteiger partial charge in [0.15, 0.2) is 0 Å². The second-order valence-electron chi connectivity index (χ2n) is 6.78. The maximum atomic E-state index is 12.6. The normalized spacial score (nSPS) is 27.1. The minimum Gasteiger partial charge on any atom is -0.379 e. The molecule has 7 heteroatoms. The monoisotopic (exact) mass is 340 g/mol. The molecule has 2 aliphatic rings. The fourth-order valence-corrected chi connectivity index (χ4v) is 4.93. The van der Waals surface area contributed by atoms with E-state index in [0.29, 0.717) is 43.0 Å². The van der Waals surface area contributed by atoms with Crippen molar-refractivity contribution < 1.29 is 18.1 Å². The average molecular weight is 340 g/mol. The number of ether oxygens (including phenoxy) is 1. The third kappa shape index (κ3) is 3.67. The van der Waals surface area contributed by atoms with Crippen molar-refractivity contribution >= 4 is 15.8 Å². The molecule has 3 rings (SSSR count). The van der Waals surface area contributed by atoms with Gasteiger partial charge in [0.05, 0.1) is 26.3 Å². The zero-order valence-electron chi connectivity index (χ0n) is 13.9. The van der Waals surface area contributed by atoms with Crippen molar-refractivity contribution in [1.82, 2.24) is 4.31 Å². The molecule has 0 bridgehead atoms. The van der Waals surface area contributed by atoms with Gasteiger partial charge in [-0.2, -0.15) is 4.31 Å². The number of sulfonamides is 1. The number of nitrogens with zero attached hydrogens (tertiary/aromatic N) is 2. The number of pyridine rings is 1. The van der Waals surface area contributed by atoms with Gasteiger partial charge < -0.3 is 4.74 Å². The predicted molar refractivity (Wildman–Crippen MR) is 87.7 cm³/mol. The van der Waals surface area contributed by atoms with Crippen LogP contribution in [-0.4, -0.2) is 52.1 Å². The lowest BCUT2D eigenvalue weighted by molar-refractivity contribution is -0.367. The van der Waals surface area contributed by atoms with E-state index in [1.165, 1.54) is 10.7 Å². The van der Waals surface area contributed by atoms with E-state index < -0.39 is 10.0 Å². The molecule has 2 atom stereocenters. The number of nitrogens with one attached hydrogen (secondary N) is 1. The van der Waals surface area contributed by atoms with Crippen LogP contribution in [0.1, 0.15) is 20.3 Å². The number of aromatic nitrogens is 1. The molecule has 1 aromatic rings. The van der Waals surface area contributed by atoms with Crippen LogP contribution in [0.4, 0.5) is 5.82 Å². The number of aromatic amines is 1. The quantitative estimate of drug-likeness (QED) is 0.824. The van der Waals surface area contributed by atoms with Gasteiger partial charge in [-0.15, -0.1) is 0 Å². The SMILES string of the molecule is C[C@@H]1C[C@H](C)CN(c2ccc(S(=O)(=O)N3CCOCC3)c[nH+]2)C1. The molecule has 0 saturated carbocycles. The van der Waals surface area contributed by atoms with E-state index in [0.717, 1.165) is 18.9 Å². The molecule has 128 valence electrons. The van der Waals surface area contributed by atoms with Crippen molar-refractivity contribution in [3.05, 3.63) is 18.3 Å². The van der Waals surface area contributed by atoms with Crippen molar-refractivity contribution in [2.24, 2.45) is 11.8 Å². The van der Waals surface area contributed by atoms with Crippen molar-refractivity contribution in [3.8, 4) is 0 Å². The van der Waals surface area contributed by atoms with Crippen molar-refractivity contribution in [2.75, 3.05) is 44.3 Å². The van der Waals surface area contributed by atoms with E-state index >= 15 is 0 Å². The Balaban J connectivity index is 1.76. The van der Waals surface area contributed by atoms with Crippen LogP contribution in [0.3, 0.4) is 0 Å². The topological polar surface area (TPSA) is 64.0 Å². The van der Waals surface area contributed by atoms with Gasteiger partial charge in [-0.3, -0.25) is 4.90 Å². The molecule has 0 amide bonds. The van der Waals surface area contributed by atoms with Gasteiger partial charge >= 0.3 is 0 Å². The summed E-state index contributed by atoms with van der Waals surface area (Å²) in [5.74, 6) is 2.30. The highest BCUT2D eigenvalue weighted by atomic mass is 32.2. The summed E-state index contributed by atoms with van der Waals surface area (Å²) >= 11 is 0. The van der Waals surface area contributed by atoms with Crippen molar-refractivity contribution in [3.63, 3.8) is 0 Å². The number of hydrogen-bond acceptors (Lipinski definition) is 4. The molecular formula is C16H26N3O3S+. The summed E-state index contributed by atoms with van der Waals surface area (Å²) in [6, 6.07) is 3.60. The van der Waals surface area contributed by atoms with Gasteiger partial charge in [0, 0.05) is 19.2 Å². The van der Waals surface area contributed by atoms with Gasteiger partial charge in [0.1, 0.15) is 11.1 Å². The number of morpholine rings is 1. The molecule has 0 radical (unpaired) electrons. The Morgan fingerprint density at radius 1 is 1.13 bits per heavy atom. The van der Waals surface area contributed by atoms with Crippen LogP contribution in [0.25, 0.3) is 0 Å². The lowest BCUT2D eigenvalue weighted by atomic mass is 9.92. The summed E-state index contributed by atoms with van der Waals surface area (Å²) in [6.07, 6.45) is 2.87. The molecule has 1 N–H and O–H groups in total. The largest absolute Gasteiger partial charge is 0.379 e. The lowest BCUT2D eigenvalue weighted by Gasteiger charge is -2.30. The first-order chi connectivity index (χ1) is 11.0. The molecule has 2 aliphatic heterocycles. The van der Waals surface area contributed by atoms with Crippen LogP contribution in [0.15, 0.2) is 23.2 Å². The van der Waals surface area contributed by atoms with Gasteiger partial charge in [0.2, 0.25) is 10.0 Å². The van der Waals surface area contributed by atoms with Crippen LogP contribution in [0.2, 0.25) is 0 Å². The number of rotatable bonds is 3. The molecule has 0 unspecified atom stereocenters. The summed E-state index contributed by atoms with van der Waals surface area (Å²) in [5, 5.41) is 0. The van der Waals surface area contributed by atoms with E-state index in [9.17, 15) is 8.42 Å². The zero-order chi connectivity index (χ0) is 16.4. The molecule has 0 aliphatic carbocycles. The number of hydrogen-bond donors (Lipinski definition) is 0. The summed E-state index contributed by atoms with van der Waals surface area (Å²) in [4.78, 5) is 5.81. The fourth-order valence-electron chi connectivity index (χ4n) is 3.56. The first-order valence-electron chi connectivity index (χ1n) is 8.31. The Labute approximate surface area is 138 Å². The second-order valence-corrected chi connectivity index (χ2v) is 8.72. The summed E-state index contributed by atoms with van der Waals surface area (Å²) in [5.41, 5.74) is 0. The molecule has 2 fully saturated rings. The Kier molecular flexibility index (Phi) is 4.89. The van der Waals surface area contributed by atoms with Crippen molar-refractivity contribution in [1.29, 1.82) is 0 Å². The minimum absolute atomic E-state index is 0.321. The maximum absolute atomic E-state index is 12.6. The lowest BCUT2D eigenvalue weighted by Crippen LogP contribution is -2.42. The van der Waals surface area contributed by atoms with E-state index in [2.05, 4.69) is 23.7 Å².